The number of hydrogen-bond donors (Lipinski definition) is 0. The molecule has 1 fully saturated rings. The molecule has 6 heteroatoms. The lowest BCUT2D eigenvalue weighted by atomic mass is 10.1. The number of aryl methyl sites for hydroxylation is 2. The maximum Gasteiger partial charge on any atom is 0.259 e. The minimum absolute atomic E-state index is 0.0219. The summed E-state index contributed by atoms with van der Waals surface area (Å²) in [5, 5.41) is 12.8. The summed E-state index contributed by atoms with van der Waals surface area (Å²) in [6.07, 6.45) is 0.692. The van der Waals surface area contributed by atoms with Gasteiger partial charge in [-0.05, 0) is 31.0 Å². The average Bonchev–Trinajstić information content (AvgIpc) is 3.03. The molecule has 1 aromatic heterocycles. The Kier molecular flexibility index (Phi) is 5.15. The quantitative estimate of drug-likeness (QED) is 0.856. The van der Waals surface area contributed by atoms with Crippen LogP contribution in [0.25, 0.3) is 0 Å². The zero-order valence-electron chi connectivity index (χ0n) is 14.7. The van der Waals surface area contributed by atoms with Crippen molar-refractivity contribution in [3.8, 4) is 6.07 Å². The van der Waals surface area contributed by atoms with Crippen molar-refractivity contribution in [3.63, 3.8) is 0 Å². The third kappa shape index (κ3) is 3.72. The maximum absolute atomic E-state index is 12.8. The smallest absolute Gasteiger partial charge is 0.259 e. The van der Waals surface area contributed by atoms with Crippen LogP contribution >= 0.6 is 0 Å². The van der Waals surface area contributed by atoms with Crippen LogP contribution in [-0.2, 0) is 13.0 Å². The minimum Gasteiger partial charge on any atom is -0.361 e. The standard InChI is InChI=1S/C19H22N4O2/c1-3-17-18(14(2)25-21-17)19(24)23-10-8-22(9-11-23)13-16-6-4-15(12-20)5-7-16/h4-7H,3,8-11,13H2,1-2H3. The predicted octanol–water partition coefficient (Wildman–Crippen LogP) is 2.38. The number of nitrogens with zero attached hydrogens (tertiary/aromatic N) is 4. The molecule has 2 heterocycles. The number of hydrogen-bond acceptors (Lipinski definition) is 5. The van der Waals surface area contributed by atoms with Crippen LogP contribution in [0.3, 0.4) is 0 Å². The van der Waals surface area contributed by atoms with E-state index in [1.54, 1.807) is 6.92 Å². The van der Waals surface area contributed by atoms with Gasteiger partial charge in [0.2, 0.25) is 0 Å². The van der Waals surface area contributed by atoms with Crippen LogP contribution in [0.1, 0.15) is 39.9 Å². The molecule has 0 spiro atoms. The summed E-state index contributed by atoms with van der Waals surface area (Å²) < 4.78 is 5.19. The molecule has 0 saturated carbocycles. The molecule has 0 bridgehead atoms. The van der Waals surface area contributed by atoms with Crippen LogP contribution < -0.4 is 0 Å². The van der Waals surface area contributed by atoms with E-state index in [9.17, 15) is 4.79 Å². The third-order valence-corrected chi connectivity index (χ3v) is 4.63. The minimum atomic E-state index is 0.0219. The van der Waals surface area contributed by atoms with Crippen molar-refractivity contribution in [1.29, 1.82) is 5.26 Å². The van der Waals surface area contributed by atoms with E-state index in [-0.39, 0.29) is 5.91 Å². The van der Waals surface area contributed by atoms with Crippen molar-refractivity contribution in [1.82, 2.24) is 15.0 Å². The number of benzene rings is 1. The molecule has 25 heavy (non-hydrogen) atoms. The summed E-state index contributed by atoms with van der Waals surface area (Å²) in [4.78, 5) is 17.0. The zero-order chi connectivity index (χ0) is 17.8. The second-order valence-electron chi connectivity index (χ2n) is 6.29. The van der Waals surface area contributed by atoms with Crippen LogP contribution in [-0.4, -0.2) is 47.0 Å². The van der Waals surface area contributed by atoms with E-state index in [0.717, 1.165) is 25.3 Å². The number of piperazine rings is 1. The van der Waals surface area contributed by atoms with E-state index in [1.807, 2.05) is 36.1 Å². The topological polar surface area (TPSA) is 73.4 Å². The Morgan fingerprint density at radius 2 is 1.92 bits per heavy atom. The molecule has 1 aliphatic heterocycles. The average molecular weight is 338 g/mol. The normalized spacial score (nSPS) is 15.2. The Hall–Kier alpha value is -2.65. The fourth-order valence-electron chi connectivity index (χ4n) is 3.14. The van der Waals surface area contributed by atoms with E-state index in [2.05, 4.69) is 16.1 Å². The molecule has 2 aromatic rings. The molecule has 130 valence electrons. The SMILES string of the molecule is CCc1noc(C)c1C(=O)N1CCN(Cc2ccc(C#N)cc2)CC1. The number of aromatic nitrogens is 1. The van der Waals surface area contributed by atoms with Crippen molar-refractivity contribution in [3.05, 3.63) is 52.4 Å². The molecule has 0 N–H and O–H groups in total. The second-order valence-corrected chi connectivity index (χ2v) is 6.29. The van der Waals surface area contributed by atoms with E-state index >= 15 is 0 Å². The van der Waals surface area contributed by atoms with Gasteiger partial charge in [0.25, 0.3) is 5.91 Å². The monoisotopic (exact) mass is 338 g/mol. The van der Waals surface area contributed by atoms with Gasteiger partial charge in [0.1, 0.15) is 11.3 Å². The fourth-order valence-corrected chi connectivity index (χ4v) is 3.14. The van der Waals surface area contributed by atoms with Gasteiger partial charge in [-0.25, -0.2) is 0 Å². The molecule has 1 saturated heterocycles. The molecule has 0 radical (unpaired) electrons. The predicted molar refractivity (Wildman–Crippen MR) is 93.0 cm³/mol. The fraction of sp³-hybridized carbons (Fsp3) is 0.421. The van der Waals surface area contributed by atoms with Crippen molar-refractivity contribution in [2.75, 3.05) is 26.2 Å². The first kappa shape index (κ1) is 17.2. The first-order valence-electron chi connectivity index (χ1n) is 8.58. The number of nitriles is 1. The van der Waals surface area contributed by atoms with Gasteiger partial charge in [0, 0.05) is 32.7 Å². The number of amides is 1. The van der Waals surface area contributed by atoms with Gasteiger partial charge in [-0.15, -0.1) is 0 Å². The second kappa shape index (κ2) is 7.49. The molecular weight excluding hydrogens is 316 g/mol. The van der Waals surface area contributed by atoms with Crippen LogP contribution in [0, 0.1) is 18.3 Å². The van der Waals surface area contributed by atoms with Crippen LogP contribution in [0.5, 0.6) is 0 Å². The molecule has 1 amide bonds. The lowest BCUT2D eigenvalue weighted by Crippen LogP contribution is -2.48. The highest BCUT2D eigenvalue weighted by atomic mass is 16.5. The molecule has 3 rings (SSSR count). The molecule has 6 nitrogen and oxygen atoms in total. The number of carbonyl (C=O) groups is 1. The van der Waals surface area contributed by atoms with E-state index < -0.39 is 0 Å². The lowest BCUT2D eigenvalue weighted by Gasteiger charge is -2.34. The van der Waals surface area contributed by atoms with Crippen LogP contribution in [0.4, 0.5) is 0 Å². The summed E-state index contributed by atoms with van der Waals surface area (Å²) in [5.74, 6) is 0.621. The van der Waals surface area contributed by atoms with Gasteiger partial charge in [-0.1, -0.05) is 24.2 Å². The van der Waals surface area contributed by atoms with E-state index in [4.69, 9.17) is 9.78 Å². The molecule has 1 aromatic carbocycles. The first-order valence-corrected chi connectivity index (χ1v) is 8.58. The Balaban J connectivity index is 1.58. The van der Waals surface area contributed by atoms with E-state index in [0.29, 0.717) is 36.4 Å². The Morgan fingerprint density at radius 1 is 1.24 bits per heavy atom. The van der Waals surface area contributed by atoms with Gasteiger partial charge in [-0.3, -0.25) is 9.69 Å². The van der Waals surface area contributed by atoms with Gasteiger partial charge in [0.05, 0.1) is 17.3 Å². The van der Waals surface area contributed by atoms with E-state index in [1.165, 1.54) is 5.56 Å². The maximum atomic E-state index is 12.8. The van der Waals surface area contributed by atoms with Crippen molar-refractivity contribution < 1.29 is 9.32 Å². The van der Waals surface area contributed by atoms with Crippen LogP contribution in [0.15, 0.2) is 28.8 Å². The first-order chi connectivity index (χ1) is 12.1. The molecule has 1 aliphatic rings. The summed E-state index contributed by atoms with van der Waals surface area (Å²) in [5.41, 5.74) is 3.22. The summed E-state index contributed by atoms with van der Waals surface area (Å²) >= 11 is 0. The highest BCUT2D eigenvalue weighted by Gasteiger charge is 2.27. The molecular formula is C19H22N4O2. The Labute approximate surface area is 147 Å². The van der Waals surface area contributed by atoms with Gasteiger partial charge in [-0.2, -0.15) is 5.26 Å². The van der Waals surface area contributed by atoms with Crippen LogP contribution in [0.2, 0.25) is 0 Å². The highest BCUT2D eigenvalue weighted by molar-refractivity contribution is 5.96. The van der Waals surface area contributed by atoms with Crippen molar-refractivity contribution >= 4 is 5.91 Å². The Morgan fingerprint density at radius 3 is 2.52 bits per heavy atom. The van der Waals surface area contributed by atoms with Crippen molar-refractivity contribution in [2.45, 2.75) is 26.8 Å². The lowest BCUT2D eigenvalue weighted by molar-refractivity contribution is 0.0626. The number of carbonyl (C=O) groups excluding carboxylic acids is 1. The molecule has 0 atom stereocenters. The summed E-state index contributed by atoms with van der Waals surface area (Å²) in [7, 11) is 0. The highest BCUT2D eigenvalue weighted by Crippen LogP contribution is 2.18. The number of rotatable bonds is 4. The molecule has 0 aliphatic carbocycles. The molecule has 0 unspecified atom stereocenters. The van der Waals surface area contributed by atoms with Gasteiger partial charge in [0.15, 0.2) is 0 Å². The largest absolute Gasteiger partial charge is 0.361 e. The van der Waals surface area contributed by atoms with Gasteiger partial charge >= 0.3 is 0 Å². The summed E-state index contributed by atoms with van der Waals surface area (Å²) in [6, 6.07) is 9.80. The third-order valence-electron chi connectivity index (χ3n) is 4.63. The van der Waals surface area contributed by atoms with Gasteiger partial charge < -0.3 is 9.42 Å². The van der Waals surface area contributed by atoms with Crippen molar-refractivity contribution in [2.24, 2.45) is 0 Å². The Bertz CT molecular complexity index is 781. The summed E-state index contributed by atoms with van der Waals surface area (Å²) in [6.45, 7) is 7.66. The zero-order valence-corrected chi connectivity index (χ0v) is 14.7.